The van der Waals surface area contributed by atoms with Crippen LogP contribution in [-0.2, 0) is 28.7 Å². The molecule has 1 aromatic heterocycles. The average Bonchev–Trinajstić information content (AvgIpc) is 3.41. The van der Waals surface area contributed by atoms with Crippen molar-refractivity contribution in [3.63, 3.8) is 0 Å². The quantitative estimate of drug-likeness (QED) is 0.303. The van der Waals surface area contributed by atoms with Gasteiger partial charge in [-0.1, -0.05) is 23.7 Å². The van der Waals surface area contributed by atoms with Crippen LogP contribution in [0.2, 0.25) is 5.02 Å². The summed E-state index contributed by atoms with van der Waals surface area (Å²) in [6.07, 6.45) is 0.139. The van der Waals surface area contributed by atoms with Gasteiger partial charge in [0.1, 0.15) is 6.04 Å². The third kappa shape index (κ3) is 8.22. The zero-order valence-corrected chi connectivity index (χ0v) is 25.8. The number of hydrogen-bond acceptors (Lipinski definition) is 11. The molecular weight excluding hydrogens is 614 g/mol. The molecule has 45 heavy (non-hydrogen) atoms. The van der Waals surface area contributed by atoms with Gasteiger partial charge in [0.25, 0.3) is 5.91 Å². The van der Waals surface area contributed by atoms with Gasteiger partial charge in [-0.2, -0.15) is 9.78 Å². The van der Waals surface area contributed by atoms with Crippen molar-refractivity contribution in [2.24, 2.45) is 0 Å². The first-order valence-electron chi connectivity index (χ1n) is 14.7. The number of carbonyl (C=O) groups excluding carboxylic acids is 4. The number of hydroxylamine groups is 2. The lowest BCUT2D eigenvalue weighted by Crippen LogP contribution is -2.55. The highest BCUT2D eigenvalue weighted by atomic mass is 35.5. The highest BCUT2D eigenvalue weighted by Gasteiger charge is 2.49. The molecule has 244 valence electrons. The van der Waals surface area contributed by atoms with Gasteiger partial charge in [-0.15, -0.1) is 5.06 Å². The molecule has 15 nitrogen and oxygen atoms in total. The minimum atomic E-state index is -1.25. The maximum Gasteiger partial charge on any atom is 0.527 e. The van der Waals surface area contributed by atoms with Gasteiger partial charge < -0.3 is 34.4 Å². The smallest absolute Gasteiger partial charge is 0.481 e. The number of halogens is 1. The summed E-state index contributed by atoms with van der Waals surface area (Å²) in [4.78, 5) is 69.3. The maximum atomic E-state index is 13.5. The molecule has 1 saturated carbocycles. The zero-order valence-electron chi connectivity index (χ0n) is 25.0. The molecule has 1 saturated heterocycles. The van der Waals surface area contributed by atoms with E-state index in [4.69, 9.17) is 30.6 Å². The lowest BCUT2D eigenvalue weighted by atomic mass is 9.80. The van der Waals surface area contributed by atoms with Crippen LogP contribution in [-0.4, -0.2) is 106 Å². The van der Waals surface area contributed by atoms with Crippen molar-refractivity contribution in [3.05, 3.63) is 41.0 Å². The summed E-state index contributed by atoms with van der Waals surface area (Å²) in [5.41, 5.74) is -1.01. The second-order valence-electron chi connectivity index (χ2n) is 10.4. The summed E-state index contributed by atoms with van der Waals surface area (Å²) in [5.74, 6) is -2.87. The monoisotopic (exact) mass is 649 g/mol. The van der Waals surface area contributed by atoms with Crippen LogP contribution in [0.4, 0.5) is 4.79 Å². The number of benzene rings is 1. The van der Waals surface area contributed by atoms with Crippen molar-refractivity contribution in [3.8, 4) is 11.6 Å². The van der Waals surface area contributed by atoms with E-state index < -0.39 is 41.6 Å². The fraction of sp³-hybridized carbons (Fsp3) is 0.517. The Bertz CT molecular complexity index is 1400. The van der Waals surface area contributed by atoms with Crippen LogP contribution >= 0.6 is 11.6 Å². The number of hydrogen-bond donors (Lipinski definition) is 2. The molecule has 2 aromatic rings. The predicted octanol–water partition coefficient (Wildman–Crippen LogP) is 2.59. The molecule has 4 rings (SSSR count). The van der Waals surface area contributed by atoms with Crippen molar-refractivity contribution >= 4 is 41.5 Å². The Hall–Kier alpha value is -4.37. The molecule has 1 aromatic carbocycles. The van der Waals surface area contributed by atoms with Gasteiger partial charge in [0.15, 0.2) is 5.69 Å². The number of nitrogens with one attached hydrogen (secondary N) is 1. The van der Waals surface area contributed by atoms with Gasteiger partial charge in [0, 0.05) is 25.6 Å². The van der Waals surface area contributed by atoms with Crippen LogP contribution in [0.5, 0.6) is 5.88 Å². The SMILES string of the molecule is CCOC(=O)ON1CCN(C(=O)[C@H](CCC(=O)O)NC(=O)c2cc(OC3(C(=O)OCC)CCC3)n(-c3ccccc3Cl)n2)CC1. The number of ether oxygens (including phenoxy) is 3. The molecule has 2 N–H and O–H groups in total. The number of aromatic nitrogens is 2. The Kier molecular flexibility index (Phi) is 11.2. The van der Waals surface area contributed by atoms with Gasteiger partial charge in [-0.05, 0) is 51.7 Å². The van der Waals surface area contributed by atoms with Crippen LogP contribution < -0.4 is 10.1 Å². The van der Waals surface area contributed by atoms with E-state index in [0.717, 1.165) is 6.42 Å². The summed E-state index contributed by atoms with van der Waals surface area (Å²) in [7, 11) is 0. The number of amides is 2. The molecule has 2 amide bonds. The van der Waals surface area contributed by atoms with E-state index in [1.165, 1.54) is 20.7 Å². The highest BCUT2D eigenvalue weighted by Crippen LogP contribution is 2.39. The van der Waals surface area contributed by atoms with E-state index in [0.29, 0.717) is 23.6 Å². The van der Waals surface area contributed by atoms with Crippen LogP contribution in [0.15, 0.2) is 30.3 Å². The van der Waals surface area contributed by atoms with Gasteiger partial charge in [0.05, 0.1) is 37.0 Å². The topological polar surface area (TPSA) is 179 Å². The highest BCUT2D eigenvalue weighted by molar-refractivity contribution is 6.32. The number of carboxylic acids is 1. The fourth-order valence-electron chi connectivity index (χ4n) is 4.88. The Labute approximate surface area is 264 Å². The number of nitrogens with zero attached hydrogens (tertiary/aromatic N) is 4. The van der Waals surface area contributed by atoms with Crippen LogP contribution in [0.3, 0.4) is 0 Å². The lowest BCUT2D eigenvalue weighted by Gasteiger charge is -2.38. The van der Waals surface area contributed by atoms with E-state index in [2.05, 4.69) is 10.4 Å². The zero-order chi connectivity index (χ0) is 32.6. The van der Waals surface area contributed by atoms with Gasteiger partial charge >= 0.3 is 18.1 Å². The number of aliphatic carboxylic acids is 1. The standard InChI is InChI=1S/C29H36ClN5O10/c1-3-42-27(40)29(12-7-13-29)44-23-18-21(32-35(23)22-9-6-5-8-19(22)30)25(38)31-20(10-11-24(36)37)26(39)33-14-16-34(17-15-33)45-28(41)43-4-2/h5-6,8-9,18,20H,3-4,7,10-17H2,1-2H3,(H,31,38)(H,36,37)/t20-/m0/s1. The lowest BCUT2D eigenvalue weighted by molar-refractivity contribution is -0.170. The summed E-state index contributed by atoms with van der Waals surface area (Å²) in [6.45, 7) is 4.36. The van der Waals surface area contributed by atoms with Gasteiger partial charge in [-0.25, -0.2) is 9.59 Å². The molecule has 16 heteroatoms. The maximum absolute atomic E-state index is 13.5. The number of carbonyl (C=O) groups is 5. The number of para-hydroxylation sites is 1. The number of carboxylic acid groups (broad SMARTS) is 1. The van der Waals surface area contributed by atoms with E-state index in [1.807, 2.05) is 0 Å². The number of esters is 1. The Morgan fingerprint density at radius 3 is 2.33 bits per heavy atom. The molecule has 2 fully saturated rings. The molecule has 2 heterocycles. The molecule has 1 aliphatic carbocycles. The third-order valence-corrected chi connectivity index (χ3v) is 7.68. The van der Waals surface area contributed by atoms with E-state index in [-0.39, 0.29) is 63.8 Å². The fourth-order valence-corrected chi connectivity index (χ4v) is 5.10. The molecule has 0 bridgehead atoms. The van der Waals surface area contributed by atoms with Crippen molar-refractivity contribution in [2.75, 3.05) is 39.4 Å². The van der Waals surface area contributed by atoms with Gasteiger partial charge in [0.2, 0.25) is 17.4 Å². The number of rotatable bonds is 13. The van der Waals surface area contributed by atoms with Crippen LogP contribution in [0, 0.1) is 0 Å². The van der Waals surface area contributed by atoms with Crippen molar-refractivity contribution in [1.29, 1.82) is 0 Å². The van der Waals surface area contributed by atoms with E-state index in [9.17, 15) is 29.1 Å². The van der Waals surface area contributed by atoms with Crippen molar-refractivity contribution in [1.82, 2.24) is 25.1 Å². The Balaban J connectivity index is 1.54. The van der Waals surface area contributed by atoms with E-state index in [1.54, 1.807) is 38.1 Å². The van der Waals surface area contributed by atoms with Gasteiger partial charge in [-0.3, -0.25) is 14.4 Å². The summed E-state index contributed by atoms with van der Waals surface area (Å²) < 4.78 is 17.5. The molecular formula is C29H36ClN5O10. The van der Waals surface area contributed by atoms with E-state index >= 15 is 0 Å². The summed E-state index contributed by atoms with van der Waals surface area (Å²) in [5, 5.41) is 18.0. The minimum absolute atomic E-state index is 0.0622. The normalized spacial score (nSPS) is 16.6. The minimum Gasteiger partial charge on any atom is -0.481 e. The first-order chi connectivity index (χ1) is 21.6. The first-order valence-corrected chi connectivity index (χ1v) is 15.1. The Morgan fingerprint density at radius 1 is 1.04 bits per heavy atom. The predicted molar refractivity (Wildman–Crippen MR) is 157 cm³/mol. The van der Waals surface area contributed by atoms with Crippen LogP contribution in [0.1, 0.15) is 56.4 Å². The largest absolute Gasteiger partial charge is 0.527 e. The molecule has 0 radical (unpaired) electrons. The molecule has 0 unspecified atom stereocenters. The number of piperazine rings is 1. The third-order valence-electron chi connectivity index (χ3n) is 7.37. The summed E-state index contributed by atoms with van der Waals surface area (Å²) >= 11 is 6.44. The molecule has 1 aliphatic heterocycles. The van der Waals surface area contributed by atoms with Crippen LogP contribution in [0.25, 0.3) is 5.69 Å². The van der Waals surface area contributed by atoms with Crippen molar-refractivity contribution in [2.45, 2.75) is 57.6 Å². The second kappa shape index (κ2) is 15.1. The summed E-state index contributed by atoms with van der Waals surface area (Å²) in [6, 6.07) is 6.86. The van der Waals surface area contributed by atoms with Crippen molar-refractivity contribution < 1.29 is 48.1 Å². The second-order valence-corrected chi connectivity index (χ2v) is 10.8. The molecule has 0 spiro atoms. The molecule has 1 atom stereocenters. The average molecular weight is 650 g/mol. The first kappa shape index (κ1) is 33.5. The Morgan fingerprint density at radius 2 is 1.73 bits per heavy atom. The molecule has 2 aliphatic rings.